The summed E-state index contributed by atoms with van der Waals surface area (Å²) in [7, 11) is 0. The van der Waals surface area contributed by atoms with Crippen LogP contribution in [0.3, 0.4) is 0 Å². The molecule has 0 aliphatic rings. The summed E-state index contributed by atoms with van der Waals surface area (Å²) >= 11 is 0. The first-order valence-corrected chi connectivity index (χ1v) is 6.68. The summed E-state index contributed by atoms with van der Waals surface area (Å²) in [4.78, 5) is 0. The molecule has 0 aliphatic heterocycles. The maximum atomic E-state index is 5.79. The SMILES string of the molecule is C#CCOCc1ccc(Oc2ccc(CC)cc2)cc1. The van der Waals surface area contributed by atoms with Gasteiger partial charge in [-0.2, -0.15) is 0 Å². The summed E-state index contributed by atoms with van der Waals surface area (Å²) in [6.45, 7) is 2.99. The molecular weight excluding hydrogens is 248 g/mol. The molecule has 0 saturated carbocycles. The minimum Gasteiger partial charge on any atom is -0.457 e. The van der Waals surface area contributed by atoms with E-state index in [1.54, 1.807) is 0 Å². The van der Waals surface area contributed by atoms with Crippen molar-refractivity contribution in [2.24, 2.45) is 0 Å². The standard InChI is InChI=1S/C18H18O2/c1-3-13-19-14-16-7-11-18(12-8-16)20-17-9-5-15(4-2)6-10-17/h1,5-12H,4,13-14H2,2H3. The predicted molar refractivity (Wildman–Crippen MR) is 80.8 cm³/mol. The van der Waals surface area contributed by atoms with Gasteiger partial charge < -0.3 is 9.47 Å². The number of hydrogen-bond acceptors (Lipinski definition) is 2. The van der Waals surface area contributed by atoms with E-state index in [0.717, 1.165) is 23.5 Å². The largest absolute Gasteiger partial charge is 0.457 e. The first kappa shape index (κ1) is 14.2. The van der Waals surface area contributed by atoms with Crippen molar-refractivity contribution < 1.29 is 9.47 Å². The van der Waals surface area contributed by atoms with Crippen LogP contribution in [0.25, 0.3) is 0 Å². The highest BCUT2D eigenvalue weighted by Gasteiger charge is 1.98. The molecule has 2 rings (SSSR count). The molecule has 0 amide bonds. The van der Waals surface area contributed by atoms with Gasteiger partial charge in [0.2, 0.25) is 0 Å². The Morgan fingerprint density at radius 2 is 1.45 bits per heavy atom. The fourth-order valence-corrected chi connectivity index (χ4v) is 1.81. The molecule has 0 N–H and O–H groups in total. The van der Waals surface area contributed by atoms with E-state index in [4.69, 9.17) is 15.9 Å². The lowest BCUT2D eigenvalue weighted by Gasteiger charge is -2.07. The van der Waals surface area contributed by atoms with Gasteiger partial charge >= 0.3 is 0 Å². The van der Waals surface area contributed by atoms with Crippen LogP contribution in [0, 0.1) is 12.3 Å². The lowest BCUT2D eigenvalue weighted by Crippen LogP contribution is -1.93. The van der Waals surface area contributed by atoms with E-state index in [-0.39, 0.29) is 0 Å². The Kier molecular flexibility index (Phi) is 5.23. The summed E-state index contributed by atoms with van der Waals surface area (Å²) < 4.78 is 11.1. The average molecular weight is 266 g/mol. The number of hydrogen-bond donors (Lipinski definition) is 0. The molecule has 2 aromatic carbocycles. The van der Waals surface area contributed by atoms with Crippen molar-refractivity contribution >= 4 is 0 Å². The Hall–Kier alpha value is -2.24. The quantitative estimate of drug-likeness (QED) is 0.576. The number of aryl methyl sites for hydroxylation is 1. The average Bonchev–Trinajstić information content (AvgIpc) is 2.50. The van der Waals surface area contributed by atoms with E-state index in [1.807, 2.05) is 36.4 Å². The van der Waals surface area contributed by atoms with Crippen molar-refractivity contribution in [1.82, 2.24) is 0 Å². The van der Waals surface area contributed by atoms with Crippen LogP contribution >= 0.6 is 0 Å². The highest BCUT2D eigenvalue weighted by molar-refractivity contribution is 5.34. The second kappa shape index (κ2) is 7.37. The van der Waals surface area contributed by atoms with Gasteiger partial charge in [-0.15, -0.1) is 6.42 Å². The third kappa shape index (κ3) is 4.15. The first-order chi connectivity index (χ1) is 9.81. The first-order valence-electron chi connectivity index (χ1n) is 6.68. The van der Waals surface area contributed by atoms with E-state index in [9.17, 15) is 0 Å². The van der Waals surface area contributed by atoms with Gasteiger partial charge in [0.05, 0.1) is 6.61 Å². The van der Waals surface area contributed by atoms with Gasteiger partial charge in [-0.3, -0.25) is 0 Å². The van der Waals surface area contributed by atoms with Crippen molar-refractivity contribution in [3.8, 4) is 23.8 Å². The van der Waals surface area contributed by atoms with Gasteiger partial charge in [0.15, 0.2) is 0 Å². The normalized spacial score (nSPS) is 10.0. The summed E-state index contributed by atoms with van der Waals surface area (Å²) in [5, 5.41) is 0. The minimum absolute atomic E-state index is 0.335. The number of rotatable bonds is 6. The van der Waals surface area contributed by atoms with Crippen LogP contribution in [0.1, 0.15) is 18.1 Å². The molecule has 102 valence electrons. The fraction of sp³-hybridized carbons (Fsp3) is 0.222. The Balaban J connectivity index is 1.94. The Bertz CT molecular complexity index is 562. The summed E-state index contributed by atoms with van der Waals surface area (Å²) in [6, 6.07) is 16.0. The summed E-state index contributed by atoms with van der Waals surface area (Å²) in [5.41, 5.74) is 2.38. The van der Waals surface area contributed by atoms with Gasteiger partial charge in [0.25, 0.3) is 0 Å². The van der Waals surface area contributed by atoms with E-state index in [1.165, 1.54) is 5.56 Å². The van der Waals surface area contributed by atoms with E-state index >= 15 is 0 Å². The molecule has 0 unspecified atom stereocenters. The van der Waals surface area contributed by atoms with Gasteiger partial charge in [-0.1, -0.05) is 37.1 Å². The number of ether oxygens (including phenoxy) is 2. The van der Waals surface area contributed by atoms with Crippen LogP contribution in [0.4, 0.5) is 0 Å². The van der Waals surface area contributed by atoms with Gasteiger partial charge in [0.1, 0.15) is 18.1 Å². The van der Waals surface area contributed by atoms with Crippen LogP contribution in [0.5, 0.6) is 11.5 Å². The van der Waals surface area contributed by atoms with Gasteiger partial charge in [0, 0.05) is 0 Å². The minimum atomic E-state index is 0.335. The molecule has 0 radical (unpaired) electrons. The number of benzene rings is 2. The van der Waals surface area contributed by atoms with Crippen molar-refractivity contribution in [2.75, 3.05) is 6.61 Å². The molecule has 0 bridgehead atoms. The van der Waals surface area contributed by atoms with Crippen molar-refractivity contribution in [3.05, 3.63) is 59.7 Å². The van der Waals surface area contributed by atoms with Gasteiger partial charge in [-0.25, -0.2) is 0 Å². The molecular formula is C18H18O2. The molecule has 0 fully saturated rings. The zero-order chi connectivity index (χ0) is 14.2. The highest BCUT2D eigenvalue weighted by Crippen LogP contribution is 2.22. The molecule has 2 nitrogen and oxygen atoms in total. The molecule has 2 heteroatoms. The molecule has 0 aromatic heterocycles. The second-order valence-electron chi connectivity index (χ2n) is 4.44. The maximum Gasteiger partial charge on any atom is 0.127 e. The third-order valence-corrected chi connectivity index (χ3v) is 2.94. The molecule has 2 aromatic rings. The van der Waals surface area contributed by atoms with Crippen LogP contribution < -0.4 is 4.74 Å². The topological polar surface area (TPSA) is 18.5 Å². The van der Waals surface area contributed by atoms with Crippen LogP contribution in [0.2, 0.25) is 0 Å². The third-order valence-electron chi connectivity index (χ3n) is 2.94. The molecule has 20 heavy (non-hydrogen) atoms. The summed E-state index contributed by atoms with van der Waals surface area (Å²) in [5.74, 6) is 4.11. The van der Waals surface area contributed by atoms with Crippen LogP contribution in [0.15, 0.2) is 48.5 Å². The van der Waals surface area contributed by atoms with Gasteiger partial charge in [-0.05, 0) is 41.8 Å². The van der Waals surface area contributed by atoms with Crippen LogP contribution in [-0.4, -0.2) is 6.61 Å². The Morgan fingerprint density at radius 1 is 0.900 bits per heavy atom. The van der Waals surface area contributed by atoms with Crippen molar-refractivity contribution in [2.45, 2.75) is 20.0 Å². The van der Waals surface area contributed by atoms with E-state index < -0.39 is 0 Å². The zero-order valence-corrected chi connectivity index (χ0v) is 11.6. The summed E-state index contributed by atoms with van der Waals surface area (Å²) in [6.07, 6.45) is 6.16. The highest BCUT2D eigenvalue weighted by atomic mass is 16.5. The number of terminal acetylenes is 1. The molecule has 0 spiro atoms. The molecule has 0 saturated heterocycles. The molecule has 0 atom stereocenters. The molecule has 0 aliphatic carbocycles. The van der Waals surface area contributed by atoms with Crippen LogP contribution in [-0.2, 0) is 17.8 Å². The van der Waals surface area contributed by atoms with Crippen molar-refractivity contribution in [3.63, 3.8) is 0 Å². The monoisotopic (exact) mass is 266 g/mol. The fourth-order valence-electron chi connectivity index (χ4n) is 1.81. The Morgan fingerprint density at radius 3 is 1.95 bits per heavy atom. The predicted octanol–water partition coefficient (Wildman–Crippen LogP) is 4.19. The molecule has 0 heterocycles. The Labute approximate surface area is 120 Å². The lowest BCUT2D eigenvalue weighted by atomic mass is 10.2. The second-order valence-corrected chi connectivity index (χ2v) is 4.44. The van der Waals surface area contributed by atoms with E-state index in [0.29, 0.717) is 13.2 Å². The smallest absolute Gasteiger partial charge is 0.127 e. The van der Waals surface area contributed by atoms with Crippen molar-refractivity contribution in [1.29, 1.82) is 0 Å². The zero-order valence-electron chi connectivity index (χ0n) is 11.6. The lowest BCUT2D eigenvalue weighted by molar-refractivity contribution is 0.153. The maximum absolute atomic E-state index is 5.79. The van der Waals surface area contributed by atoms with E-state index in [2.05, 4.69) is 25.0 Å².